The first-order valence-electron chi connectivity index (χ1n) is 6.71. The second kappa shape index (κ2) is 6.64. The maximum atomic E-state index is 12.3. The number of nitrogens with zero attached hydrogens (tertiary/aromatic N) is 1. The van der Waals surface area contributed by atoms with Gasteiger partial charge >= 0.3 is 0 Å². The van der Waals surface area contributed by atoms with Crippen molar-refractivity contribution in [2.24, 2.45) is 0 Å². The monoisotopic (exact) mass is 342 g/mol. The van der Waals surface area contributed by atoms with E-state index in [0.29, 0.717) is 6.54 Å². The van der Waals surface area contributed by atoms with Gasteiger partial charge in [0.05, 0.1) is 0 Å². The molecular formula is C18H17BrNO+. The molecule has 0 amide bonds. The Morgan fingerprint density at radius 1 is 1.00 bits per heavy atom. The lowest BCUT2D eigenvalue weighted by atomic mass is 10.1. The van der Waals surface area contributed by atoms with Crippen LogP contribution in [0.25, 0.3) is 10.9 Å². The summed E-state index contributed by atoms with van der Waals surface area (Å²) in [6.07, 6.45) is 1.96. The van der Waals surface area contributed by atoms with Crippen LogP contribution >= 0.6 is 17.0 Å². The zero-order valence-corrected chi connectivity index (χ0v) is 13.5. The molecule has 1 heterocycles. The Labute approximate surface area is 134 Å². The van der Waals surface area contributed by atoms with Crippen molar-refractivity contribution in [3.8, 4) is 0 Å². The molecule has 3 heteroatoms. The minimum atomic E-state index is 0. The molecule has 0 saturated heterocycles. The summed E-state index contributed by atoms with van der Waals surface area (Å²) >= 11 is 0. The van der Waals surface area contributed by atoms with Gasteiger partial charge in [-0.3, -0.25) is 4.79 Å². The first-order chi connectivity index (χ1) is 9.74. The number of hydrogen-bond donors (Lipinski definition) is 0. The standard InChI is InChI=1S/C18H16NO.BrH/c1-14-9-10-17-16(12-14)8-5-11-19(17)13-18(20)15-6-3-2-4-7-15;/h2-12H,13H2,1H3;1H/q+1;. The molecule has 2 aromatic carbocycles. The van der Waals surface area contributed by atoms with Gasteiger partial charge in [0.25, 0.3) is 0 Å². The zero-order valence-electron chi connectivity index (χ0n) is 11.8. The second-order valence-corrected chi connectivity index (χ2v) is 4.99. The van der Waals surface area contributed by atoms with Gasteiger partial charge in [0.2, 0.25) is 17.8 Å². The minimum Gasteiger partial charge on any atom is -0.287 e. The van der Waals surface area contributed by atoms with E-state index in [0.717, 1.165) is 16.5 Å². The van der Waals surface area contributed by atoms with Crippen molar-refractivity contribution in [3.63, 3.8) is 0 Å². The van der Waals surface area contributed by atoms with Crippen LogP contribution in [0.1, 0.15) is 15.9 Å². The smallest absolute Gasteiger partial charge is 0.227 e. The first kappa shape index (κ1) is 15.4. The average molecular weight is 343 g/mol. The van der Waals surface area contributed by atoms with Gasteiger partial charge in [-0.05, 0) is 19.1 Å². The highest BCUT2D eigenvalue weighted by Crippen LogP contribution is 2.12. The molecule has 0 bridgehead atoms. The summed E-state index contributed by atoms with van der Waals surface area (Å²) < 4.78 is 2.00. The van der Waals surface area contributed by atoms with E-state index < -0.39 is 0 Å². The summed E-state index contributed by atoms with van der Waals surface area (Å²) in [5.74, 6) is 0.128. The number of aromatic nitrogens is 1. The Morgan fingerprint density at radius 2 is 1.76 bits per heavy atom. The molecule has 3 aromatic rings. The highest BCUT2D eigenvalue weighted by Gasteiger charge is 2.14. The van der Waals surface area contributed by atoms with Crippen LogP contribution in [0.2, 0.25) is 0 Å². The lowest BCUT2D eigenvalue weighted by Crippen LogP contribution is -2.38. The number of Topliss-reactive ketones (excluding diaryl/α,β-unsaturated/α-hetero) is 1. The quantitative estimate of drug-likeness (QED) is 0.522. The van der Waals surface area contributed by atoms with Gasteiger partial charge in [0.15, 0.2) is 6.20 Å². The summed E-state index contributed by atoms with van der Waals surface area (Å²) in [6, 6.07) is 19.8. The third-order valence-electron chi connectivity index (χ3n) is 3.44. The minimum absolute atomic E-state index is 0. The largest absolute Gasteiger partial charge is 0.287 e. The van der Waals surface area contributed by atoms with Crippen molar-refractivity contribution in [2.45, 2.75) is 13.5 Å². The van der Waals surface area contributed by atoms with Crippen molar-refractivity contribution in [1.82, 2.24) is 0 Å². The Kier molecular flexibility index (Phi) is 4.86. The van der Waals surface area contributed by atoms with E-state index in [-0.39, 0.29) is 22.8 Å². The van der Waals surface area contributed by atoms with Gasteiger partial charge in [-0.1, -0.05) is 42.0 Å². The van der Waals surface area contributed by atoms with Crippen LogP contribution < -0.4 is 4.57 Å². The molecule has 1 aromatic heterocycles. The van der Waals surface area contributed by atoms with Gasteiger partial charge < -0.3 is 0 Å². The van der Waals surface area contributed by atoms with Crippen LogP contribution in [-0.4, -0.2) is 5.78 Å². The Bertz CT molecular complexity index is 769. The molecule has 0 aliphatic carbocycles. The fraction of sp³-hybridized carbons (Fsp3) is 0.111. The Hall–Kier alpha value is -2.00. The molecule has 0 spiro atoms. The number of hydrogen-bond acceptors (Lipinski definition) is 1. The van der Waals surface area contributed by atoms with Crippen LogP contribution in [-0.2, 0) is 6.54 Å². The molecule has 21 heavy (non-hydrogen) atoms. The van der Waals surface area contributed by atoms with Crippen LogP contribution in [0.5, 0.6) is 0 Å². The van der Waals surface area contributed by atoms with Crippen molar-refractivity contribution < 1.29 is 9.36 Å². The van der Waals surface area contributed by atoms with E-state index in [1.165, 1.54) is 5.56 Å². The predicted octanol–water partition coefficient (Wildman–Crippen LogP) is 3.90. The van der Waals surface area contributed by atoms with Crippen molar-refractivity contribution in [2.75, 3.05) is 0 Å². The third-order valence-corrected chi connectivity index (χ3v) is 3.44. The van der Waals surface area contributed by atoms with E-state index in [1.807, 2.05) is 47.2 Å². The molecule has 0 N–H and O–H groups in total. The molecule has 106 valence electrons. The van der Waals surface area contributed by atoms with Crippen LogP contribution in [0.3, 0.4) is 0 Å². The van der Waals surface area contributed by atoms with E-state index >= 15 is 0 Å². The number of halogens is 1. The average Bonchev–Trinajstić information content (AvgIpc) is 2.48. The number of fused-ring (bicyclic) bond motifs is 1. The maximum absolute atomic E-state index is 12.3. The highest BCUT2D eigenvalue weighted by molar-refractivity contribution is 8.93. The van der Waals surface area contributed by atoms with Crippen molar-refractivity contribution >= 4 is 33.7 Å². The van der Waals surface area contributed by atoms with E-state index in [2.05, 4.69) is 31.2 Å². The summed E-state index contributed by atoms with van der Waals surface area (Å²) in [5, 5.41) is 1.16. The summed E-state index contributed by atoms with van der Waals surface area (Å²) in [7, 11) is 0. The number of benzene rings is 2. The lowest BCUT2D eigenvalue weighted by Gasteiger charge is -2.02. The Morgan fingerprint density at radius 3 is 2.52 bits per heavy atom. The summed E-state index contributed by atoms with van der Waals surface area (Å²) in [5.41, 5.74) is 3.07. The molecule has 0 saturated carbocycles. The fourth-order valence-electron chi connectivity index (χ4n) is 2.41. The van der Waals surface area contributed by atoms with Crippen molar-refractivity contribution in [1.29, 1.82) is 0 Å². The SMILES string of the molecule is Br.Cc1ccc2c(ccc[n+]2CC(=O)c2ccccc2)c1. The number of carbonyl (C=O) groups is 1. The predicted molar refractivity (Wildman–Crippen MR) is 90.0 cm³/mol. The molecule has 0 atom stereocenters. The van der Waals surface area contributed by atoms with Gasteiger partial charge in [0, 0.05) is 23.1 Å². The molecule has 0 aliphatic heterocycles. The number of rotatable bonds is 3. The zero-order chi connectivity index (χ0) is 13.9. The topological polar surface area (TPSA) is 20.9 Å². The van der Waals surface area contributed by atoms with Gasteiger partial charge in [-0.2, -0.15) is 4.57 Å². The molecule has 0 fully saturated rings. The van der Waals surface area contributed by atoms with Crippen LogP contribution in [0.4, 0.5) is 0 Å². The van der Waals surface area contributed by atoms with Gasteiger partial charge in [-0.25, -0.2) is 0 Å². The van der Waals surface area contributed by atoms with E-state index in [4.69, 9.17) is 0 Å². The number of ketones is 1. The van der Waals surface area contributed by atoms with Gasteiger partial charge in [0.1, 0.15) is 0 Å². The van der Waals surface area contributed by atoms with Crippen LogP contribution in [0, 0.1) is 6.92 Å². The Balaban J connectivity index is 0.00000161. The van der Waals surface area contributed by atoms with E-state index in [1.54, 1.807) is 0 Å². The first-order valence-corrected chi connectivity index (χ1v) is 6.71. The molecule has 0 radical (unpaired) electrons. The fourth-order valence-corrected chi connectivity index (χ4v) is 2.41. The van der Waals surface area contributed by atoms with Gasteiger partial charge in [-0.15, -0.1) is 17.0 Å². The van der Waals surface area contributed by atoms with Crippen LogP contribution in [0.15, 0.2) is 66.9 Å². The third kappa shape index (κ3) is 3.37. The van der Waals surface area contributed by atoms with Crippen molar-refractivity contribution in [3.05, 3.63) is 78.0 Å². The lowest BCUT2D eigenvalue weighted by molar-refractivity contribution is -0.657. The molecule has 0 unspecified atom stereocenters. The highest BCUT2D eigenvalue weighted by atomic mass is 79.9. The number of carbonyl (C=O) groups excluding carboxylic acids is 1. The number of pyridine rings is 1. The summed E-state index contributed by atoms with van der Waals surface area (Å²) in [4.78, 5) is 12.3. The summed E-state index contributed by atoms with van der Waals surface area (Å²) in [6.45, 7) is 2.44. The van der Waals surface area contributed by atoms with E-state index in [9.17, 15) is 4.79 Å². The second-order valence-electron chi connectivity index (χ2n) is 4.99. The molecular weight excluding hydrogens is 326 g/mol. The molecule has 0 aliphatic rings. The molecule has 3 rings (SSSR count). The normalized spacial score (nSPS) is 10.1. The molecule has 2 nitrogen and oxygen atoms in total. The number of aryl methyl sites for hydroxylation is 1. The maximum Gasteiger partial charge on any atom is 0.227 e.